The fourth-order valence-corrected chi connectivity index (χ4v) is 2.74. The van der Waals surface area contributed by atoms with Gasteiger partial charge in [0.15, 0.2) is 0 Å². The molecular formula is C10H17Cl. The van der Waals surface area contributed by atoms with Gasteiger partial charge in [0.2, 0.25) is 0 Å². The molecule has 2 bridgehead atoms. The van der Waals surface area contributed by atoms with Gasteiger partial charge in [-0.3, -0.25) is 0 Å². The van der Waals surface area contributed by atoms with Gasteiger partial charge in [-0.05, 0) is 36.5 Å². The van der Waals surface area contributed by atoms with Gasteiger partial charge in [-0.15, -0.1) is 12.4 Å². The van der Waals surface area contributed by atoms with E-state index in [2.05, 4.69) is 20.4 Å². The predicted octanol–water partition coefficient (Wildman–Crippen LogP) is 3.42. The molecule has 2 aliphatic carbocycles. The van der Waals surface area contributed by atoms with Crippen LogP contribution in [-0.4, -0.2) is 0 Å². The van der Waals surface area contributed by atoms with Crippen molar-refractivity contribution in [3.05, 3.63) is 12.2 Å². The lowest BCUT2D eigenvalue weighted by atomic mass is 9.73. The van der Waals surface area contributed by atoms with Crippen LogP contribution in [0.3, 0.4) is 0 Å². The van der Waals surface area contributed by atoms with Crippen LogP contribution in [0.25, 0.3) is 0 Å². The average molecular weight is 173 g/mol. The summed E-state index contributed by atoms with van der Waals surface area (Å²) in [6, 6.07) is 0. The van der Waals surface area contributed by atoms with Crippen LogP contribution < -0.4 is 0 Å². The molecule has 0 aliphatic heterocycles. The lowest BCUT2D eigenvalue weighted by Gasteiger charge is -2.31. The van der Waals surface area contributed by atoms with E-state index >= 15 is 0 Å². The van der Waals surface area contributed by atoms with E-state index in [0.29, 0.717) is 5.41 Å². The van der Waals surface area contributed by atoms with Crippen LogP contribution in [0, 0.1) is 17.3 Å². The van der Waals surface area contributed by atoms with Crippen molar-refractivity contribution in [3.8, 4) is 0 Å². The van der Waals surface area contributed by atoms with E-state index in [0.717, 1.165) is 11.8 Å². The molecule has 0 aromatic rings. The fourth-order valence-electron chi connectivity index (χ4n) is 2.74. The minimum absolute atomic E-state index is 0. The third-order valence-corrected chi connectivity index (χ3v) is 3.77. The number of rotatable bonds is 0. The summed E-state index contributed by atoms with van der Waals surface area (Å²) in [6.45, 7) is 8.91. The molecule has 2 fully saturated rings. The first kappa shape index (κ1) is 9.12. The minimum atomic E-state index is 0. The Morgan fingerprint density at radius 2 is 2.00 bits per heavy atom. The van der Waals surface area contributed by atoms with Crippen molar-refractivity contribution in [2.24, 2.45) is 17.3 Å². The molecule has 0 N–H and O–H groups in total. The first-order valence-corrected chi connectivity index (χ1v) is 4.31. The summed E-state index contributed by atoms with van der Waals surface area (Å²) in [4.78, 5) is 0. The van der Waals surface area contributed by atoms with Crippen molar-refractivity contribution in [2.75, 3.05) is 0 Å². The maximum Gasteiger partial charge on any atom is -0.0116 e. The van der Waals surface area contributed by atoms with E-state index in [1.807, 2.05) is 0 Å². The number of hydrogen-bond donors (Lipinski definition) is 0. The van der Waals surface area contributed by atoms with Crippen LogP contribution in [0.5, 0.6) is 0 Å². The molecule has 0 nitrogen and oxygen atoms in total. The molecule has 0 amide bonds. The standard InChI is InChI=1S/C10H16.ClH/c1-7-8-4-5-9(6-8)10(7,2)3;/h8-9H,1,4-6H2,2-3H3;1H. The quantitative estimate of drug-likeness (QED) is 0.492. The van der Waals surface area contributed by atoms with Crippen LogP contribution in [0.1, 0.15) is 33.1 Å². The van der Waals surface area contributed by atoms with E-state index in [1.165, 1.54) is 24.8 Å². The highest BCUT2D eigenvalue weighted by Crippen LogP contribution is 2.58. The molecule has 0 saturated heterocycles. The number of hydrogen-bond acceptors (Lipinski definition) is 0. The molecule has 2 atom stereocenters. The van der Waals surface area contributed by atoms with Crippen LogP contribution >= 0.6 is 12.4 Å². The Morgan fingerprint density at radius 1 is 1.36 bits per heavy atom. The highest BCUT2D eigenvalue weighted by molar-refractivity contribution is 5.85. The Morgan fingerprint density at radius 3 is 2.27 bits per heavy atom. The molecule has 1 heteroatoms. The molecule has 0 radical (unpaired) electrons. The van der Waals surface area contributed by atoms with Crippen molar-refractivity contribution < 1.29 is 0 Å². The van der Waals surface area contributed by atoms with E-state index in [1.54, 1.807) is 0 Å². The maximum absolute atomic E-state index is 4.19. The molecule has 64 valence electrons. The predicted molar refractivity (Wildman–Crippen MR) is 51.0 cm³/mol. The first-order valence-electron chi connectivity index (χ1n) is 4.31. The second-order valence-electron chi connectivity index (χ2n) is 4.45. The molecule has 2 rings (SSSR count). The van der Waals surface area contributed by atoms with Crippen molar-refractivity contribution >= 4 is 12.4 Å². The largest absolute Gasteiger partial charge is 0.147 e. The third kappa shape index (κ3) is 1.03. The second-order valence-corrected chi connectivity index (χ2v) is 4.45. The average Bonchev–Trinajstić information content (AvgIpc) is 2.37. The van der Waals surface area contributed by atoms with Gasteiger partial charge in [0.05, 0.1) is 0 Å². The summed E-state index contributed by atoms with van der Waals surface area (Å²) in [7, 11) is 0. The second kappa shape index (κ2) is 2.52. The zero-order chi connectivity index (χ0) is 7.35. The van der Waals surface area contributed by atoms with Gasteiger partial charge < -0.3 is 0 Å². The molecule has 2 aliphatic rings. The fraction of sp³-hybridized carbons (Fsp3) is 0.800. The molecule has 0 aromatic heterocycles. The van der Waals surface area contributed by atoms with Crippen LogP contribution in [0.15, 0.2) is 12.2 Å². The van der Waals surface area contributed by atoms with Gasteiger partial charge >= 0.3 is 0 Å². The van der Waals surface area contributed by atoms with Crippen LogP contribution in [0.4, 0.5) is 0 Å². The van der Waals surface area contributed by atoms with Gasteiger partial charge in [0.25, 0.3) is 0 Å². The summed E-state index contributed by atoms with van der Waals surface area (Å²) in [5.74, 6) is 1.85. The van der Waals surface area contributed by atoms with Crippen molar-refractivity contribution in [1.82, 2.24) is 0 Å². The van der Waals surface area contributed by atoms with E-state index in [9.17, 15) is 0 Å². The van der Waals surface area contributed by atoms with Crippen LogP contribution in [-0.2, 0) is 0 Å². The number of halogens is 1. The SMILES string of the molecule is C=C1C2CCC(C2)C1(C)C.Cl. The van der Waals surface area contributed by atoms with Crippen molar-refractivity contribution in [2.45, 2.75) is 33.1 Å². The summed E-state index contributed by atoms with van der Waals surface area (Å²) in [5.41, 5.74) is 2.01. The van der Waals surface area contributed by atoms with Gasteiger partial charge in [0, 0.05) is 0 Å². The Hall–Kier alpha value is 0.0300. The molecule has 0 heterocycles. The lowest BCUT2D eigenvalue weighted by Crippen LogP contribution is -2.21. The molecule has 11 heavy (non-hydrogen) atoms. The highest BCUT2D eigenvalue weighted by Gasteiger charge is 2.47. The molecular weight excluding hydrogens is 156 g/mol. The van der Waals surface area contributed by atoms with Crippen molar-refractivity contribution in [1.29, 1.82) is 0 Å². The molecule has 0 aromatic carbocycles. The Kier molecular flexibility index (Phi) is 2.09. The lowest BCUT2D eigenvalue weighted by molar-refractivity contribution is 0.289. The van der Waals surface area contributed by atoms with Gasteiger partial charge in [-0.25, -0.2) is 0 Å². The van der Waals surface area contributed by atoms with E-state index < -0.39 is 0 Å². The summed E-state index contributed by atoms with van der Waals surface area (Å²) < 4.78 is 0. The number of fused-ring (bicyclic) bond motifs is 2. The Labute approximate surface area is 75.5 Å². The zero-order valence-electron chi connectivity index (χ0n) is 7.39. The summed E-state index contributed by atoms with van der Waals surface area (Å²) in [6.07, 6.45) is 4.31. The molecule has 0 spiro atoms. The van der Waals surface area contributed by atoms with Gasteiger partial charge in [-0.2, -0.15) is 0 Å². The molecule has 2 saturated carbocycles. The molecule has 2 unspecified atom stereocenters. The third-order valence-electron chi connectivity index (χ3n) is 3.77. The highest BCUT2D eigenvalue weighted by atomic mass is 35.5. The number of allylic oxidation sites excluding steroid dienone is 1. The Bertz CT molecular complexity index is 181. The summed E-state index contributed by atoms with van der Waals surface area (Å²) in [5, 5.41) is 0. The normalized spacial score (nSPS) is 38.9. The smallest absolute Gasteiger partial charge is 0.0116 e. The van der Waals surface area contributed by atoms with Crippen molar-refractivity contribution in [3.63, 3.8) is 0 Å². The van der Waals surface area contributed by atoms with Gasteiger partial charge in [0.1, 0.15) is 0 Å². The van der Waals surface area contributed by atoms with E-state index in [4.69, 9.17) is 0 Å². The topological polar surface area (TPSA) is 0 Å². The van der Waals surface area contributed by atoms with E-state index in [-0.39, 0.29) is 12.4 Å². The Balaban J connectivity index is 0.000000605. The monoisotopic (exact) mass is 172 g/mol. The van der Waals surface area contributed by atoms with Crippen LogP contribution in [0.2, 0.25) is 0 Å². The van der Waals surface area contributed by atoms with Gasteiger partial charge in [-0.1, -0.05) is 26.0 Å². The minimum Gasteiger partial charge on any atom is -0.147 e. The first-order chi connectivity index (χ1) is 4.62. The maximum atomic E-state index is 4.19. The zero-order valence-corrected chi connectivity index (χ0v) is 8.21. The summed E-state index contributed by atoms with van der Waals surface area (Å²) >= 11 is 0.